The largest absolute Gasteiger partial charge is 0.508 e. The van der Waals surface area contributed by atoms with Crippen LogP contribution in [0, 0.1) is 11.6 Å². The van der Waals surface area contributed by atoms with Gasteiger partial charge in [-0.05, 0) is 66.8 Å². The molecule has 1 N–H and O–H groups in total. The summed E-state index contributed by atoms with van der Waals surface area (Å²) in [5, 5.41) is 11.7. The zero-order chi connectivity index (χ0) is 31.5. The minimum Gasteiger partial charge on any atom is -0.508 e. The molecule has 7 rings (SSSR count). The highest BCUT2D eigenvalue weighted by Gasteiger charge is 2.49. The molecule has 2 aromatic heterocycles. The van der Waals surface area contributed by atoms with Crippen LogP contribution in [0.15, 0.2) is 30.5 Å². The molecule has 0 unspecified atom stereocenters. The molecule has 0 bridgehead atoms. The molecule has 4 aromatic rings. The zero-order valence-electron chi connectivity index (χ0n) is 24.9. The number of halogens is 5. The van der Waals surface area contributed by atoms with Gasteiger partial charge < -0.3 is 14.7 Å². The van der Waals surface area contributed by atoms with E-state index in [4.69, 9.17) is 4.74 Å². The predicted octanol–water partition coefficient (Wildman–Crippen LogP) is 6.97. The van der Waals surface area contributed by atoms with E-state index in [2.05, 4.69) is 19.9 Å². The standard InChI is InChI=1S/C33H34F5N5O2/c1-2-22-25(35)6-5-19-13-21(44)14-23(26(19)22)28-27(36)29-24(16-39-28)30(42-10-4-8-33(37,38)9-12-42)41-31(40-29)45-18-32-7-3-11-43(32)17-20(34)15-32/h5-6,13-14,16,20,44H,2-4,7-12,15,17-18H2,1H3/t20-,32+/m1/s1. The fraction of sp³-hybridized carbons (Fsp3) is 0.485. The summed E-state index contributed by atoms with van der Waals surface area (Å²) >= 11 is 0. The summed E-state index contributed by atoms with van der Waals surface area (Å²) in [6.45, 7) is 3.23. The maximum atomic E-state index is 16.7. The summed E-state index contributed by atoms with van der Waals surface area (Å²) in [6.07, 6.45) is 2.26. The summed E-state index contributed by atoms with van der Waals surface area (Å²) in [7, 11) is 0. The number of phenols is 1. The molecule has 3 fully saturated rings. The minimum atomic E-state index is -2.83. The van der Waals surface area contributed by atoms with Gasteiger partial charge in [0, 0.05) is 50.7 Å². The van der Waals surface area contributed by atoms with Crippen LogP contribution in [0.3, 0.4) is 0 Å². The summed E-state index contributed by atoms with van der Waals surface area (Å²) < 4.78 is 80.8. The van der Waals surface area contributed by atoms with Crippen LogP contribution in [0.2, 0.25) is 0 Å². The third-order valence-electron chi connectivity index (χ3n) is 9.65. The van der Waals surface area contributed by atoms with Gasteiger partial charge in [0.1, 0.15) is 41.4 Å². The highest BCUT2D eigenvalue weighted by atomic mass is 19.3. The Morgan fingerprint density at radius 2 is 1.87 bits per heavy atom. The Morgan fingerprint density at radius 3 is 2.69 bits per heavy atom. The van der Waals surface area contributed by atoms with Gasteiger partial charge in [-0.3, -0.25) is 9.88 Å². The Morgan fingerprint density at radius 1 is 1.04 bits per heavy atom. The van der Waals surface area contributed by atoms with Crippen molar-refractivity contribution < 1.29 is 31.8 Å². The molecule has 0 spiro atoms. The van der Waals surface area contributed by atoms with E-state index in [9.17, 15) is 22.7 Å². The molecule has 0 saturated carbocycles. The quantitative estimate of drug-likeness (QED) is 0.232. The molecule has 2 atom stereocenters. The van der Waals surface area contributed by atoms with Gasteiger partial charge >= 0.3 is 6.01 Å². The third kappa shape index (κ3) is 5.30. The fourth-order valence-electron chi connectivity index (χ4n) is 7.47. The molecule has 238 valence electrons. The van der Waals surface area contributed by atoms with Crippen LogP contribution in [0.25, 0.3) is 32.9 Å². The zero-order valence-corrected chi connectivity index (χ0v) is 24.9. The molecule has 3 aliphatic rings. The Kier molecular flexibility index (Phi) is 7.45. The van der Waals surface area contributed by atoms with Crippen molar-refractivity contribution >= 4 is 27.5 Å². The van der Waals surface area contributed by atoms with Crippen LogP contribution in [-0.4, -0.2) is 75.4 Å². The number of benzene rings is 2. The van der Waals surface area contributed by atoms with E-state index in [0.29, 0.717) is 35.7 Å². The average molecular weight is 628 g/mol. The Labute approximate surface area is 257 Å². The second-order valence-corrected chi connectivity index (χ2v) is 12.5. The number of phenolic OH excluding ortho intramolecular Hbond substituents is 1. The maximum absolute atomic E-state index is 16.7. The molecular formula is C33H34F5N5O2. The fourth-order valence-corrected chi connectivity index (χ4v) is 7.47. The van der Waals surface area contributed by atoms with Gasteiger partial charge in [-0.15, -0.1) is 0 Å². The van der Waals surface area contributed by atoms with E-state index in [0.717, 1.165) is 19.4 Å². The number of rotatable bonds is 6. The Bertz CT molecular complexity index is 1790. The number of aromatic nitrogens is 3. The van der Waals surface area contributed by atoms with Crippen LogP contribution < -0.4 is 9.64 Å². The van der Waals surface area contributed by atoms with Gasteiger partial charge in [0.25, 0.3) is 0 Å². The van der Waals surface area contributed by atoms with Gasteiger partial charge in [0.2, 0.25) is 5.92 Å². The second-order valence-electron chi connectivity index (χ2n) is 12.5. The molecule has 3 aliphatic heterocycles. The highest BCUT2D eigenvalue weighted by molar-refractivity contribution is 6.01. The minimum absolute atomic E-state index is 0.0144. The van der Waals surface area contributed by atoms with Crippen molar-refractivity contribution in [2.75, 3.05) is 37.7 Å². The van der Waals surface area contributed by atoms with Crippen LogP contribution >= 0.6 is 0 Å². The summed E-state index contributed by atoms with van der Waals surface area (Å²) in [4.78, 5) is 17.2. The van der Waals surface area contributed by atoms with Crippen molar-refractivity contribution in [2.45, 2.75) is 69.5 Å². The Hall–Kier alpha value is -3.80. The van der Waals surface area contributed by atoms with E-state index in [1.165, 1.54) is 30.5 Å². The Balaban J connectivity index is 1.37. The molecular weight excluding hydrogens is 593 g/mol. The molecule has 12 heteroatoms. The lowest BCUT2D eigenvalue weighted by Crippen LogP contribution is -2.43. The van der Waals surface area contributed by atoms with Crippen LogP contribution in [0.1, 0.15) is 51.0 Å². The highest BCUT2D eigenvalue weighted by Crippen LogP contribution is 2.42. The van der Waals surface area contributed by atoms with Gasteiger partial charge in [0.05, 0.1) is 10.9 Å². The van der Waals surface area contributed by atoms with Gasteiger partial charge in [-0.2, -0.15) is 9.97 Å². The number of aryl methyl sites for hydroxylation is 1. The topological polar surface area (TPSA) is 74.6 Å². The number of fused-ring (bicyclic) bond motifs is 3. The SMILES string of the molecule is CCc1c(F)ccc2cc(O)cc(-c3ncc4c(N5CCCC(F)(F)CC5)nc(OC[C@@]56CCCN5C[C@H](F)C6)nc4c3F)c12. The number of pyridine rings is 1. The molecule has 0 amide bonds. The van der Waals surface area contributed by atoms with Crippen molar-refractivity contribution in [3.63, 3.8) is 0 Å². The monoisotopic (exact) mass is 627 g/mol. The lowest BCUT2D eigenvalue weighted by molar-refractivity contribution is -0.0102. The lowest BCUT2D eigenvalue weighted by Gasteiger charge is -2.31. The van der Waals surface area contributed by atoms with Gasteiger partial charge in [0.15, 0.2) is 5.82 Å². The number of nitrogens with zero attached hydrogens (tertiary/aromatic N) is 5. The van der Waals surface area contributed by atoms with E-state index in [-0.39, 0.29) is 78.7 Å². The summed E-state index contributed by atoms with van der Waals surface area (Å²) in [5.41, 5.74) is -0.259. The van der Waals surface area contributed by atoms with Crippen molar-refractivity contribution in [1.29, 1.82) is 0 Å². The number of hydrogen-bond donors (Lipinski definition) is 1. The average Bonchev–Trinajstić information content (AvgIpc) is 3.46. The summed E-state index contributed by atoms with van der Waals surface area (Å²) in [5.74, 6) is -4.05. The van der Waals surface area contributed by atoms with E-state index in [1.54, 1.807) is 11.8 Å². The van der Waals surface area contributed by atoms with Crippen molar-refractivity contribution in [3.05, 3.63) is 47.7 Å². The van der Waals surface area contributed by atoms with Crippen molar-refractivity contribution in [1.82, 2.24) is 19.9 Å². The number of anilines is 1. The number of alkyl halides is 3. The van der Waals surface area contributed by atoms with Crippen LogP contribution in [0.4, 0.5) is 27.8 Å². The van der Waals surface area contributed by atoms with Crippen molar-refractivity contribution in [3.8, 4) is 23.0 Å². The molecule has 7 nitrogen and oxygen atoms in total. The van der Waals surface area contributed by atoms with E-state index in [1.807, 2.05) is 0 Å². The molecule has 3 saturated heterocycles. The van der Waals surface area contributed by atoms with Crippen molar-refractivity contribution in [2.24, 2.45) is 0 Å². The molecule has 5 heterocycles. The van der Waals surface area contributed by atoms with Gasteiger partial charge in [-0.1, -0.05) is 13.0 Å². The third-order valence-corrected chi connectivity index (χ3v) is 9.65. The smallest absolute Gasteiger partial charge is 0.319 e. The first-order chi connectivity index (χ1) is 21.6. The first kappa shape index (κ1) is 29.9. The summed E-state index contributed by atoms with van der Waals surface area (Å²) in [6, 6.07) is 5.51. The normalized spacial score (nSPS) is 23.5. The predicted molar refractivity (Wildman–Crippen MR) is 161 cm³/mol. The number of aromatic hydroxyl groups is 1. The molecule has 0 aliphatic carbocycles. The lowest BCUT2D eigenvalue weighted by atomic mass is 9.94. The number of ether oxygens (including phenoxy) is 1. The first-order valence-corrected chi connectivity index (χ1v) is 15.5. The molecule has 2 aromatic carbocycles. The van der Waals surface area contributed by atoms with Crippen LogP contribution in [-0.2, 0) is 6.42 Å². The van der Waals surface area contributed by atoms with Crippen LogP contribution in [0.5, 0.6) is 11.8 Å². The van der Waals surface area contributed by atoms with E-state index >= 15 is 4.39 Å². The molecule has 45 heavy (non-hydrogen) atoms. The maximum Gasteiger partial charge on any atom is 0.319 e. The van der Waals surface area contributed by atoms with E-state index < -0.39 is 29.3 Å². The van der Waals surface area contributed by atoms with Gasteiger partial charge in [-0.25, -0.2) is 22.0 Å². The number of hydrogen-bond acceptors (Lipinski definition) is 7. The first-order valence-electron chi connectivity index (χ1n) is 15.5. The molecule has 0 radical (unpaired) electrons. The second kappa shape index (κ2) is 11.2.